The van der Waals surface area contributed by atoms with Crippen LogP contribution >= 0.6 is 0 Å². The number of hydrogen-bond donors (Lipinski definition) is 2. The van der Waals surface area contributed by atoms with E-state index in [0.29, 0.717) is 5.56 Å². The molecule has 0 atom stereocenters. The average Bonchev–Trinajstić information content (AvgIpc) is 2.42. The van der Waals surface area contributed by atoms with Crippen LogP contribution in [0.3, 0.4) is 0 Å². The zero-order valence-corrected chi connectivity index (χ0v) is 11.9. The van der Waals surface area contributed by atoms with E-state index in [2.05, 4.69) is 0 Å². The molecule has 1 aliphatic carbocycles. The summed E-state index contributed by atoms with van der Waals surface area (Å²) in [6, 6.07) is 5.36. The Morgan fingerprint density at radius 2 is 1.41 bits per heavy atom. The van der Waals surface area contributed by atoms with Crippen molar-refractivity contribution >= 4 is 17.3 Å². The molecule has 0 saturated heterocycles. The van der Waals surface area contributed by atoms with E-state index in [9.17, 15) is 24.6 Å². The second-order valence-electron chi connectivity index (χ2n) is 5.34. The van der Waals surface area contributed by atoms with Gasteiger partial charge in [0.2, 0.25) is 5.78 Å². The Kier molecular flexibility index (Phi) is 2.88. The van der Waals surface area contributed by atoms with Crippen molar-refractivity contribution in [3.05, 3.63) is 57.6 Å². The minimum Gasteiger partial charge on any atom is -0.507 e. The van der Waals surface area contributed by atoms with Gasteiger partial charge in [-0.2, -0.15) is 0 Å². The molecule has 0 fully saturated rings. The predicted octanol–water partition coefficient (Wildman–Crippen LogP) is 2.38. The number of ketones is 3. The first-order chi connectivity index (χ1) is 10.3. The summed E-state index contributed by atoms with van der Waals surface area (Å²) in [6.07, 6.45) is 0. The molecule has 2 N–H and O–H groups in total. The van der Waals surface area contributed by atoms with Crippen molar-refractivity contribution in [2.24, 2.45) is 0 Å². The highest BCUT2D eigenvalue weighted by Crippen LogP contribution is 2.37. The Bertz CT molecular complexity index is 877. The van der Waals surface area contributed by atoms with Crippen molar-refractivity contribution in [2.75, 3.05) is 0 Å². The molecule has 3 rings (SSSR count). The first-order valence-electron chi connectivity index (χ1n) is 6.62. The smallest absolute Gasteiger partial charge is 0.201 e. The Hall–Kier alpha value is -2.95. The third-order valence-electron chi connectivity index (χ3n) is 3.73. The van der Waals surface area contributed by atoms with Crippen molar-refractivity contribution in [2.45, 2.75) is 13.8 Å². The molecule has 5 heteroatoms. The van der Waals surface area contributed by atoms with Gasteiger partial charge in [0.05, 0.1) is 11.1 Å². The maximum absolute atomic E-state index is 12.6. The molecule has 0 bridgehead atoms. The minimum atomic E-state index is -0.630. The monoisotopic (exact) mass is 296 g/mol. The van der Waals surface area contributed by atoms with Gasteiger partial charge < -0.3 is 10.2 Å². The lowest BCUT2D eigenvalue weighted by atomic mass is 9.81. The summed E-state index contributed by atoms with van der Waals surface area (Å²) in [5.41, 5.74) is 0.545. The fourth-order valence-electron chi connectivity index (χ4n) is 2.70. The van der Waals surface area contributed by atoms with Crippen molar-refractivity contribution in [3.63, 3.8) is 0 Å². The average molecular weight is 296 g/mol. The molecule has 2 aromatic rings. The number of carbonyl (C=O) groups excluding carboxylic acids is 3. The van der Waals surface area contributed by atoms with Gasteiger partial charge in [0.25, 0.3) is 0 Å². The number of phenols is 2. The number of aryl methyl sites for hydroxylation is 1. The minimum absolute atomic E-state index is 0.0206. The molecular weight excluding hydrogens is 284 g/mol. The van der Waals surface area contributed by atoms with Crippen LogP contribution in [0.4, 0.5) is 0 Å². The van der Waals surface area contributed by atoms with Gasteiger partial charge in [0, 0.05) is 16.7 Å². The Balaban J connectivity index is 2.36. The van der Waals surface area contributed by atoms with E-state index in [1.165, 1.54) is 25.1 Å². The number of benzene rings is 2. The van der Waals surface area contributed by atoms with E-state index >= 15 is 0 Å². The van der Waals surface area contributed by atoms with E-state index < -0.39 is 17.3 Å². The normalized spacial score (nSPS) is 12.8. The standard InChI is InChI=1S/C17H12O5/c1-7-3-10-14(12(19)4-7)17(22)15-11(16(10)21)5-9(8(2)18)6-13(15)20/h3-6,19-20H,1-2H3. The Morgan fingerprint density at radius 3 is 2.00 bits per heavy atom. The highest BCUT2D eigenvalue weighted by molar-refractivity contribution is 6.30. The highest BCUT2D eigenvalue weighted by atomic mass is 16.3. The van der Waals surface area contributed by atoms with Gasteiger partial charge in [-0.05, 0) is 43.7 Å². The zero-order chi connectivity index (χ0) is 16.2. The second-order valence-corrected chi connectivity index (χ2v) is 5.34. The fraction of sp³-hybridized carbons (Fsp3) is 0.118. The highest BCUT2D eigenvalue weighted by Gasteiger charge is 2.35. The maximum atomic E-state index is 12.6. The summed E-state index contributed by atoms with van der Waals surface area (Å²) in [5.74, 6) is -2.19. The fourth-order valence-corrected chi connectivity index (χ4v) is 2.70. The summed E-state index contributed by atoms with van der Waals surface area (Å²) >= 11 is 0. The van der Waals surface area contributed by atoms with Crippen LogP contribution in [0.5, 0.6) is 11.5 Å². The molecule has 1 aliphatic rings. The van der Waals surface area contributed by atoms with Gasteiger partial charge >= 0.3 is 0 Å². The lowest BCUT2D eigenvalue weighted by Gasteiger charge is -2.20. The van der Waals surface area contributed by atoms with E-state index in [0.717, 1.165) is 6.07 Å². The third-order valence-corrected chi connectivity index (χ3v) is 3.73. The molecule has 0 radical (unpaired) electrons. The molecule has 0 aromatic heterocycles. The number of aromatic hydroxyl groups is 2. The summed E-state index contributed by atoms with van der Waals surface area (Å²) in [6.45, 7) is 3.00. The van der Waals surface area contributed by atoms with Gasteiger partial charge in [-0.15, -0.1) is 0 Å². The van der Waals surface area contributed by atoms with Crippen LogP contribution in [0, 0.1) is 6.92 Å². The number of Topliss-reactive ketones (excluding diaryl/α,β-unsaturated/α-hetero) is 1. The molecule has 2 aromatic carbocycles. The van der Waals surface area contributed by atoms with Gasteiger partial charge in [-0.3, -0.25) is 14.4 Å². The molecule has 0 aliphatic heterocycles. The van der Waals surface area contributed by atoms with E-state index in [1.807, 2.05) is 0 Å². The summed E-state index contributed by atoms with van der Waals surface area (Å²) in [7, 11) is 0. The van der Waals surface area contributed by atoms with Gasteiger partial charge in [0.15, 0.2) is 11.6 Å². The van der Waals surface area contributed by atoms with Crippen LogP contribution in [0.25, 0.3) is 0 Å². The largest absolute Gasteiger partial charge is 0.507 e. The van der Waals surface area contributed by atoms with Gasteiger partial charge in [0.1, 0.15) is 11.5 Å². The molecular formula is C17H12O5. The van der Waals surface area contributed by atoms with E-state index in [4.69, 9.17) is 0 Å². The van der Waals surface area contributed by atoms with Gasteiger partial charge in [-0.1, -0.05) is 0 Å². The van der Waals surface area contributed by atoms with Crippen LogP contribution in [0.15, 0.2) is 24.3 Å². The van der Waals surface area contributed by atoms with Crippen LogP contribution in [0.1, 0.15) is 54.7 Å². The van der Waals surface area contributed by atoms with Gasteiger partial charge in [-0.25, -0.2) is 0 Å². The number of fused-ring (bicyclic) bond motifs is 2. The zero-order valence-electron chi connectivity index (χ0n) is 11.9. The van der Waals surface area contributed by atoms with E-state index in [-0.39, 0.29) is 39.4 Å². The molecule has 0 saturated carbocycles. The number of hydrogen-bond acceptors (Lipinski definition) is 5. The molecule has 0 unspecified atom stereocenters. The third kappa shape index (κ3) is 1.83. The lowest BCUT2D eigenvalue weighted by Crippen LogP contribution is -2.22. The lowest BCUT2D eigenvalue weighted by molar-refractivity contribution is 0.0972. The molecule has 0 heterocycles. The molecule has 5 nitrogen and oxygen atoms in total. The van der Waals surface area contributed by atoms with E-state index in [1.54, 1.807) is 6.92 Å². The first-order valence-corrected chi connectivity index (χ1v) is 6.62. The predicted molar refractivity (Wildman–Crippen MR) is 77.8 cm³/mol. The molecule has 22 heavy (non-hydrogen) atoms. The van der Waals surface area contributed by atoms with Crippen molar-refractivity contribution < 1.29 is 24.6 Å². The Labute approximate surface area is 125 Å². The number of phenolic OH excluding ortho intramolecular Hbond substituents is 2. The second kappa shape index (κ2) is 4.53. The number of carbonyl (C=O) groups is 3. The molecule has 0 amide bonds. The van der Waals surface area contributed by atoms with Crippen molar-refractivity contribution in [1.29, 1.82) is 0 Å². The Morgan fingerprint density at radius 1 is 0.864 bits per heavy atom. The SMILES string of the molecule is CC(=O)c1cc(O)c2c(c1)C(=O)c1cc(C)cc(O)c1C2=O. The first kappa shape index (κ1) is 14.0. The summed E-state index contributed by atoms with van der Waals surface area (Å²) < 4.78 is 0. The summed E-state index contributed by atoms with van der Waals surface area (Å²) in [4.78, 5) is 36.6. The molecule has 0 spiro atoms. The van der Waals surface area contributed by atoms with Crippen molar-refractivity contribution in [3.8, 4) is 11.5 Å². The molecule has 110 valence electrons. The van der Waals surface area contributed by atoms with Crippen molar-refractivity contribution in [1.82, 2.24) is 0 Å². The summed E-state index contributed by atoms with van der Waals surface area (Å²) in [5, 5.41) is 20.0. The van der Waals surface area contributed by atoms with Crippen LogP contribution < -0.4 is 0 Å². The number of rotatable bonds is 1. The van der Waals surface area contributed by atoms with Crippen LogP contribution in [0.2, 0.25) is 0 Å². The van der Waals surface area contributed by atoms with Crippen LogP contribution in [-0.4, -0.2) is 27.6 Å². The van der Waals surface area contributed by atoms with Crippen LogP contribution in [-0.2, 0) is 0 Å². The topological polar surface area (TPSA) is 91.7 Å². The quantitative estimate of drug-likeness (QED) is 0.673. The maximum Gasteiger partial charge on any atom is 0.201 e.